The van der Waals surface area contributed by atoms with Gasteiger partial charge in [0.2, 0.25) is 0 Å². The van der Waals surface area contributed by atoms with Crippen molar-refractivity contribution in [2.45, 2.75) is 28.0 Å². The molecule has 27 heavy (non-hydrogen) atoms. The first-order chi connectivity index (χ1) is 12.9. The number of carbonyl (C=O) groups excluding carboxylic acids is 1. The van der Waals surface area contributed by atoms with E-state index in [1.807, 2.05) is 0 Å². The maximum absolute atomic E-state index is 12.9. The topological polar surface area (TPSA) is 49.4 Å². The minimum absolute atomic E-state index is 0.109. The van der Waals surface area contributed by atoms with Gasteiger partial charge in [-0.1, -0.05) is 34.8 Å². The third-order valence-corrected chi connectivity index (χ3v) is 9.10. The average Bonchev–Trinajstić information content (AvgIpc) is 3.15. The summed E-state index contributed by atoms with van der Waals surface area (Å²) in [7, 11) is -1.53. The highest BCUT2D eigenvalue weighted by atomic mass is 35.5. The highest BCUT2D eigenvalue weighted by Crippen LogP contribution is 2.35. The van der Waals surface area contributed by atoms with Gasteiger partial charge in [-0.25, -0.2) is 4.21 Å². The fourth-order valence-corrected chi connectivity index (χ4v) is 6.84. The SMILES string of the molecule is O=C(NC1CN2CCC1CC2)c1ccc(S(=O)c2cc(Cl)c(Cl)cc2Cl)s1. The quantitative estimate of drug-likeness (QED) is 0.669. The molecule has 1 amide bonds. The van der Waals surface area contributed by atoms with Crippen LogP contribution in [0.2, 0.25) is 15.1 Å². The minimum Gasteiger partial charge on any atom is -0.347 e. The zero-order chi connectivity index (χ0) is 19.1. The maximum atomic E-state index is 12.9. The van der Waals surface area contributed by atoms with Gasteiger partial charge < -0.3 is 10.2 Å². The van der Waals surface area contributed by atoms with Crippen molar-refractivity contribution in [3.05, 3.63) is 44.2 Å². The van der Waals surface area contributed by atoms with Gasteiger partial charge in [0.1, 0.15) is 0 Å². The smallest absolute Gasteiger partial charge is 0.261 e. The Labute approximate surface area is 179 Å². The van der Waals surface area contributed by atoms with Gasteiger partial charge in [0.25, 0.3) is 5.91 Å². The summed E-state index contributed by atoms with van der Waals surface area (Å²) in [4.78, 5) is 16.0. The molecule has 0 aliphatic carbocycles. The van der Waals surface area contributed by atoms with E-state index >= 15 is 0 Å². The van der Waals surface area contributed by atoms with Crippen molar-refractivity contribution < 1.29 is 9.00 Å². The first-order valence-electron chi connectivity index (χ1n) is 8.62. The Bertz CT molecular complexity index is 910. The highest BCUT2D eigenvalue weighted by molar-refractivity contribution is 7.87. The number of benzene rings is 1. The van der Waals surface area contributed by atoms with Gasteiger partial charge >= 0.3 is 0 Å². The van der Waals surface area contributed by atoms with E-state index in [-0.39, 0.29) is 17.0 Å². The molecular weight excluding hydrogens is 447 g/mol. The molecule has 0 spiro atoms. The predicted molar refractivity (Wildman–Crippen MR) is 111 cm³/mol. The minimum atomic E-state index is -1.53. The molecule has 3 aliphatic heterocycles. The number of halogens is 3. The second kappa shape index (κ2) is 8.01. The second-order valence-electron chi connectivity index (χ2n) is 6.80. The molecule has 0 radical (unpaired) electrons. The molecule has 2 aromatic rings. The van der Waals surface area contributed by atoms with Crippen LogP contribution < -0.4 is 5.32 Å². The third-order valence-electron chi connectivity index (χ3n) is 5.14. The van der Waals surface area contributed by atoms with Crippen molar-refractivity contribution in [1.82, 2.24) is 10.2 Å². The molecule has 144 valence electrons. The number of piperidine rings is 3. The van der Waals surface area contributed by atoms with Crippen molar-refractivity contribution in [3.8, 4) is 0 Å². The lowest BCUT2D eigenvalue weighted by atomic mass is 9.84. The molecule has 9 heteroatoms. The summed E-state index contributed by atoms with van der Waals surface area (Å²) in [5.41, 5.74) is 0. The maximum Gasteiger partial charge on any atom is 0.261 e. The van der Waals surface area contributed by atoms with Crippen molar-refractivity contribution in [2.75, 3.05) is 19.6 Å². The van der Waals surface area contributed by atoms with Crippen LogP contribution >= 0.6 is 46.1 Å². The van der Waals surface area contributed by atoms with Gasteiger partial charge in [-0.05, 0) is 56.1 Å². The van der Waals surface area contributed by atoms with Crippen molar-refractivity contribution >= 4 is 62.8 Å². The zero-order valence-electron chi connectivity index (χ0n) is 14.2. The van der Waals surface area contributed by atoms with Gasteiger partial charge in [0.05, 0.1) is 39.8 Å². The summed E-state index contributed by atoms with van der Waals surface area (Å²) >= 11 is 19.3. The summed E-state index contributed by atoms with van der Waals surface area (Å²) in [6.45, 7) is 3.17. The van der Waals surface area contributed by atoms with Crippen molar-refractivity contribution in [3.63, 3.8) is 0 Å². The average molecular weight is 464 g/mol. The van der Waals surface area contributed by atoms with Crippen LogP contribution in [0.3, 0.4) is 0 Å². The van der Waals surface area contributed by atoms with Gasteiger partial charge in [-0.2, -0.15) is 0 Å². The van der Waals surface area contributed by atoms with E-state index in [4.69, 9.17) is 34.8 Å². The molecule has 0 saturated carbocycles. The second-order valence-corrected chi connectivity index (χ2v) is 10.8. The molecule has 1 aromatic heterocycles. The molecule has 3 fully saturated rings. The van der Waals surface area contributed by atoms with Gasteiger partial charge in [-0.15, -0.1) is 11.3 Å². The Hall–Kier alpha value is -0.630. The number of carbonyl (C=O) groups is 1. The van der Waals surface area contributed by atoms with E-state index in [2.05, 4.69) is 10.2 Å². The monoisotopic (exact) mass is 462 g/mol. The van der Waals surface area contributed by atoms with E-state index in [0.29, 0.717) is 29.9 Å². The first kappa shape index (κ1) is 19.7. The van der Waals surface area contributed by atoms with Crippen molar-refractivity contribution in [1.29, 1.82) is 0 Å². The molecule has 1 aromatic carbocycles. The summed E-state index contributed by atoms with van der Waals surface area (Å²) in [5.74, 6) is 0.449. The summed E-state index contributed by atoms with van der Waals surface area (Å²) in [6, 6.07) is 6.59. The molecule has 2 bridgehead atoms. The lowest BCUT2D eigenvalue weighted by molar-refractivity contribution is 0.0622. The molecule has 3 saturated heterocycles. The van der Waals surface area contributed by atoms with Crippen LogP contribution in [-0.2, 0) is 10.8 Å². The molecule has 2 unspecified atom stereocenters. The number of nitrogens with one attached hydrogen (secondary N) is 1. The highest BCUT2D eigenvalue weighted by Gasteiger charge is 2.35. The predicted octanol–water partition coefficient (Wildman–Crippen LogP) is 4.70. The molecule has 5 rings (SSSR count). The Morgan fingerprint density at radius 1 is 1.11 bits per heavy atom. The third kappa shape index (κ3) is 4.07. The fourth-order valence-electron chi connectivity index (χ4n) is 3.66. The summed E-state index contributed by atoms with van der Waals surface area (Å²) < 4.78 is 13.4. The van der Waals surface area contributed by atoms with Crippen LogP contribution in [-0.4, -0.2) is 40.7 Å². The number of amides is 1. The number of hydrogen-bond acceptors (Lipinski definition) is 4. The van der Waals surface area contributed by atoms with Crippen LogP contribution in [0, 0.1) is 5.92 Å². The zero-order valence-corrected chi connectivity index (χ0v) is 18.1. The van der Waals surface area contributed by atoms with Crippen molar-refractivity contribution in [2.24, 2.45) is 5.92 Å². The largest absolute Gasteiger partial charge is 0.347 e. The molecular formula is C18H17Cl3N2O2S2. The number of hydrogen-bond donors (Lipinski definition) is 1. The molecule has 4 nitrogen and oxygen atoms in total. The number of rotatable bonds is 4. The van der Waals surface area contributed by atoms with E-state index < -0.39 is 10.8 Å². The fraction of sp³-hybridized carbons (Fsp3) is 0.389. The molecule has 1 N–H and O–H groups in total. The van der Waals surface area contributed by atoms with E-state index in [0.717, 1.165) is 32.5 Å². The first-order valence-corrected chi connectivity index (χ1v) is 11.7. The molecule has 4 heterocycles. The standard InChI is InChI=1S/C18H17Cl3N2O2S2/c19-11-7-13(21)16(8-12(11)20)27(25)17-2-1-15(26-17)18(24)22-14-9-23-5-3-10(14)4-6-23/h1-2,7-8,10,14H,3-6,9H2,(H,22,24). The van der Waals surface area contributed by atoms with E-state index in [9.17, 15) is 9.00 Å². The Morgan fingerprint density at radius 3 is 2.48 bits per heavy atom. The lowest BCUT2D eigenvalue weighted by Gasteiger charge is -2.44. The number of nitrogens with zero attached hydrogens (tertiary/aromatic N) is 1. The summed E-state index contributed by atoms with van der Waals surface area (Å²) in [6.07, 6.45) is 2.28. The summed E-state index contributed by atoms with van der Waals surface area (Å²) in [5, 5.41) is 4.04. The normalized spacial score (nSPS) is 25.4. The van der Waals surface area contributed by atoms with Gasteiger partial charge in [0, 0.05) is 12.6 Å². The van der Waals surface area contributed by atoms with Gasteiger partial charge in [-0.3, -0.25) is 4.79 Å². The van der Waals surface area contributed by atoms with Crippen LogP contribution in [0.5, 0.6) is 0 Å². The lowest BCUT2D eigenvalue weighted by Crippen LogP contribution is -2.57. The van der Waals surface area contributed by atoms with Crippen LogP contribution in [0.15, 0.2) is 33.4 Å². The Morgan fingerprint density at radius 2 is 1.81 bits per heavy atom. The van der Waals surface area contributed by atoms with Crippen LogP contribution in [0.1, 0.15) is 22.5 Å². The van der Waals surface area contributed by atoms with Crippen LogP contribution in [0.25, 0.3) is 0 Å². The van der Waals surface area contributed by atoms with E-state index in [1.54, 1.807) is 12.1 Å². The molecule has 3 aliphatic rings. The van der Waals surface area contributed by atoms with Crippen LogP contribution in [0.4, 0.5) is 0 Å². The number of fused-ring (bicyclic) bond motifs is 3. The Balaban J connectivity index is 1.49. The van der Waals surface area contributed by atoms with Gasteiger partial charge in [0.15, 0.2) is 0 Å². The number of thiophene rings is 1. The molecule has 2 atom stereocenters. The van der Waals surface area contributed by atoms with E-state index in [1.165, 1.54) is 23.5 Å². The Kier molecular flexibility index (Phi) is 5.84.